The predicted molar refractivity (Wildman–Crippen MR) is 58.0 cm³/mol. The maximum Gasteiger partial charge on any atom is 0.342 e. The van der Waals surface area contributed by atoms with Gasteiger partial charge in [-0.2, -0.15) is 0 Å². The molecule has 0 amide bonds. The summed E-state index contributed by atoms with van der Waals surface area (Å²) in [6, 6.07) is 0. The molecule has 17 heavy (non-hydrogen) atoms. The SMILES string of the molecule is CC1CN(c2n[nH]c(=O)[nH]c2=O)CC1C(=O)O. The van der Waals surface area contributed by atoms with Gasteiger partial charge in [0.05, 0.1) is 5.92 Å². The van der Waals surface area contributed by atoms with Crippen molar-refractivity contribution in [3.05, 3.63) is 20.8 Å². The van der Waals surface area contributed by atoms with Gasteiger partial charge in [0.2, 0.25) is 5.82 Å². The molecule has 2 heterocycles. The molecule has 0 radical (unpaired) electrons. The number of carbonyl (C=O) groups is 1. The van der Waals surface area contributed by atoms with Crippen LogP contribution in [0.15, 0.2) is 9.59 Å². The Morgan fingerprint density at radius 1 is 1.47 bits per heavy atom. The van der Waals surface area contributed by atoms with E-state index in [1.807, 2.05) is 0 Å². The average molecular weight is 240 g/mol. The second kappa shape index (κ2) is 4.04. The number of hydrogen-bond donors (Lipinski definition) is 3. The first-order chi connectivity index (χ1) is 7.99. The van der Waals surface area contributed by atoms with Gasteiger partial charge in [0.1, 0.15) is 0 Å². The highest BCUT2D eigenvalue weighted by Crippen LogP contribution is 2.24. The van der Waals surface area contributed by atoms with Gasteiger partial charge < -0.3 is 10.0 Å². The molecule has 92 valence electrons. The zero-order valence-electron chi connectivity index (χ0n) is 9.14. The van der Waals surface area contributed by atoms with Crippen molar-refractivity contribution in [2.75, 3.05) is 18.0 Å². The van der Waals surface area contributed by atoms with Crippen LogP contribution in [0.5, 0.6) is 0 Å². The first kappa shape index (κ1) is 11.4. The molecule has 1 aliphatic heterocycles. The minimum Gasteiger partial charge on any atom is -0.481 e. The van der Waals surface area contributed by atoms with Crippen LogP contribution >= 0.6 is 0 Å². The van der Waals surface area contributed by atoms with E-state index in [0.717, 1.165) is 0 Å². The van der Waals surface area contributed by atoms with Crippen molar-refractivity contribution >= 4 is 11.8 Å². The summed E-state index contributed by atoms with van der Waals surface area (Å²) >= 11 is 0. The van der Waals surface area contributed by atoms with Crippen molar-refractivity contribution in [2.24, 2.45) is 11.8 Å². The molecular weight excluding hydrogens is 228 g/mol. The van der Waals surface area contributed by atoms with E-state index in [1.54, 1.807) is 11.8 Å². The van der Waals surface area contributed by atoms with Gasteiger partial charge in [-0.1, -0.05) is 6.92 Å². The number of nitrogens with zero attached hydrogens (tertiary/aromatic N) is 2. The molecule has 2 atom stereocenters. The van der Waals surface area contributed by atoms with Crippen LogP contribution in [0.2, 0.25) is 0 Å². The normalized spacial score (nSPS) is 23.9. The number of aromatic amines is 2. The first-order valence-corrected chi connectivity index (χ1v) is 5.16. The van der Waals surface area contributed by atoms with Crippen LogP contribution in [0.25, 0.3) is 0 Å². The Morgan fingerprint density at radius 3 is 2.71 bits per heavy atom. The lowest BCUT2D eigenvalue weighted by atomic mass is 9.99. The maximum atomic E-state index is 11.5. The molecule has 3 N–H and O–H groups in total. The van der Waals surface area contributed by atoms with Crippen LogP contribution in [0.3, 0.4) is 0 Å². The van der Waals surface area contributed by atoms with Crippen molar-refractivity contribution in [3.8, 4) is 0 Å². The highest BCUT2D eigenvalue weighted by atomic mass is 16.4. The average Bonchev–Trinajstić information content (AvgIpc) is 2.60. The Bertz CT molecular complexity index is 548. The topological polar surface area (TPSA) is 119 Å². The molecule has 0 spiro atoms. The lowest BCUT2D eigenvalue weighted by Gasteiger charge is -2.14. The van der Waals surface area contributed by atoms with Gasteiger partial charge >= 0.3 is 11.7 Å². The van der Waals surface area contributed by atoms with Gasteiger partial charge in [-0.05, 0) is 5.92 Å². The van der Waals surface area contributed by atoms with Crippen molar-refractivity contribution in [1.29, 1.82) is 0 Å². The highest BCUT2D eigenvalue weighted by molar-refractivity contribution is 5.72. The second-order valence-electron chi connectivity index (χ2n) is 4.16. The second-order valence-corrected chi connectivity index (χ2v) is 4.16. The summed E-state index contributed by atoms with van der Waals surface area (Å²) in [4.78, 5) is 36.9. The third-order valence-corrected chi connectivity index (χ3v) is 2.92. The van der Waals surface area contributed by atoms with E-state index in [1.165, 1.54) is 0 Å². The number of aliphatic carboxylic acids is 1. The minimum atomic E-state index is -0.888. The standard InChI is InChI=1S/C9H12N4O4/c1-4-2-13(3-5(4)8(15)16)6-7(14)10-9(17)12-11-6/h4-5H,2-3H2,1H3,(H,15,16)(H2,10,12,14,17). The number of H-pyrrole nitrogens is 2. The molecule has 1 aromatic heterocycles. The van der Waals surface area contributed by atoms with Gasteiger partial charge in [-0.3, -0.25) is 14.6 Å². The Kier molecular flexibility index (Phi) is 2.70. The molecule has 1 saturated heterocycles. The molecule has 8 heteroatoms. The molecule has 0 aliphatic carbocycles. The van der Waals surface area contributed by atoms with Crippen LogP contribution in [0.1, 0.15) is 6.92 Å². The summed E-state index contributed by atoms with van der Waals surface area (Å²) in [6.45, 7) is 2.45. The Labute approximate surface area is 95.3 Å². The molecule has 1 aliphatic rings. The van der Waals surface area contributed by atoms with Crippen LogP contribution in [0.4, 0.5) is 5.82 Å². The number of anilines is 1. The van der Waals surface area contributed by atoms with Gasteiger partial charge in [-0.25, -0.2) is 9.89 Å². The number of nitrogens with one attached hydrogen (secondary N) is 2. The molecule has 1 fully saturated rings. The minimum absolute atomic E-state index is 0.0557. The van der Waals surface area contributed by atoms with E-state index < -0.39 is 23.1 Å². The summed E-state index contributed by atoms with van der Waals surface area (Å²) < 4.78 is 0. The first-order valence-electron chi connectivity index (χ1n) is 5.16. The maximum absolute atomic E-state index is 11.5. The van der Waals surface area contributed by atoms with E-state index >= 15 is 0 Å². The zero-order chi connectivity index (χ0) is 12.6. The van der Waals surface area contributed by atoms with Crippen LogP contribution in [-0.2, 0) is 4.79 Å². The number of aromatic nitrogens is 3. The fourth-order valence-electron chi connectivity index (χ4n) is 2.02. The Balaban J connectivity index is 2.29. The number of carboxylic acid groups (broad SMARTS) is 1. The summed E-state index contributed by atoms with van der Waals surface area (Å²) in [5, 5.41) is 14.7. The third-order valence-electron chi connectivity index (χ3n) is 2.92. The predicted octanol–water partition coefficient (Wildman–Crippen LogP) is -1.38. The fourth-order valence-corrected chi connectivity index (χ4v) is 2.02. The molecule has 0 aromatic carbocycles. The van der Waals surface area contributed by atoms with Crippen molar-refractivity contribution in [3.63, 3.8) is 0 Å². The van der Waals surface area contributed by atoms with Gasteiger partial charge in [0.25, 0.3) is 5.56 Å². The monoisotopic (exact) mass is 240 g/mol. The molecule has 0 saturated carbocycles. The van der Waals surface area contributed by atoms with Crippen LogP contribution in [0, 0.1) is 11.8 Å². The zero-order valence-corrected chi connectivity index (χ0v) is 9.14. The summed E-state index contributed by atoms with van der Waals surface area (Å²) in [6.07, 6.45) is 0. The van der Waals surface area contributed by atoms with Gasteiger partial charge in [0, 0.05) is 13.1 Å². The lowest BCUT2D eigenvalue weighted by Crippen LogP contribution is -2.33. The Hall–Kier alpha value is -2.12. The third kappa shape index (κ3) is 2.05. The molecule has 2 rings (SSSR count). The van der Waals surface area contributed by atoms with E-state index in [9.17, 15) is 14.4 Å². The van der Waals surface area contributed by atoms with E-state index in [4.69, 9.17) is 5.11 Å². The quantitative estimate of drug-likeness (QED) is 0.585. The van der Waals surface area contributed by atoms with Crippen molar-refractivity contribution in [1.82, 2.24) is 15.2 Å². The van der Waals surface area contributed by atoms with Crippen LogP contribution < -0.4 is 16.1 Å². The van der Waals surface area contributed by atoms with Gasteiger partial charge in [-0.15, -0.1) is 5.10 Å². The highest BCUT2D eigenvalue weighted by Gasteiger charge is 2.36. The number of hydrogen-bond acceptors (Lipinski definition) is 5. The molecule has 1 aromatic rings. The van der Waals surface area contributed by atoms with Gasteiger partial charge in [0.15, 0.2) is 0 Å². The molecule has 8 nitrogen and oxygen atoms in total. The Morgan fingerprint density at radius 2 is 2.18 bits per heavy atom. The van der Waals surface area contributed by atoms with Crippen molar-refractivity contribution < 1.29 is 9.90 Å². The summed E-state index contributed by atoms with van der Waals surface area (Å²) in [7, 11) is 0. The van der Waals surface area contributed by atoms with E-state index in [2.05, 4.69) is 15.2 Å². The number of rotatable bonds is 2. The van der Waals surface area contributed by atoms with Crippen LogP contribution in [-0.4, -0.2) is 39.3 Å². The lowest BCUT2D eigenvalue weighted by molar-refractivity contribution is -0.142. The number of carboxylic acids is 1. The smallest absolute Gasteiger partial charge is 0.342 e. The molecular formula is C9H12N4O4. The molecule has 2 unspecified atom stereocenters. The fraction of sp³-hybridized carbons (Fsp3) is 0.556. The van der Waals surface area contributed by atoms with Crippen molar-refractivity contribution in [2.45, 2.75) is 6.92 Å². The summed E-state index contributed by atoms with van der Waals surface area (Å²) in [5.74, 6) is -1.43. The molecule has 0 bridgehead atoms. The largest absolute Gasteiger partial charge is 0.481 e. The van der Waals surface area contributed by atoms with E-state index in [-0.39, 0.29) is 18.3 Å². The van der Waals surface area contributed by atoms with E-state index in [0.29, 0.717) is 6.54 Å². The summed E-state index contributed by atoms with van der Waals surface area (Å²) in [5.41, 5.74) is -1.28.